The number of para-hydroxylation sites is 1. The Morgan fingerprint density at radius 3 is 0.794 bits per heavy atom. The van der Waals surface area contributed by atoms with E-state index in [1.165, 1.54) is 33.6 Å². The number of benzene rings is 1. The molecule has 0 radical (unpaired) electrons. The van der Waals surface area contributed by atoms with Crippen molar-refractivity contribution < 1.29 is 111 Å². The summed E-state index contributed by atoms with van der Waals surface area (Å²) in [7, 11) is 0. The SMILES string of the molecule is CC(C)(C)c1c[c-]n(-c2cccc(CCc3cccc(-n4[c-]cc(C(C)(C)C)n4)n3)n2)n1.CC(C)(C)c1c[c-]n(-c2cccc(N(c3ccccc3)c3cccc(-n4[c-]cc(C(C)(C)C)n4)n3)n2)n1.CC(C)(c1cccc(-n2[c-]cc(C(F)(F)F)n2)n1)C(C)(C)c1cccc(-n2[c-]cc(C(F)(F)F)n2)n1.[C-]#[N+]c1c[c-]n(-c2cccc(C(C)(C)C(C)(C)c3cccc(-n4[c-]cc(C#N)n4)n3)n2)n1.[Pt+2].[Pt+2].[Pt+2].[Pt+2]. The molecule has 0 aliphatic rings. The summed E-state index contributed by atoms with van der Waals surface area (Å²) in [5, 5.41) is 43.2. The summed E-state index contributed by atoms with van der Waals surface area (Å²) in [6.07, 6.45) is 15.9. The third kappa shape index (κ3) is 25.8. The standard InChI is InChI=1S/C30H31N7.C26H30N6.C24H20F6N6.C24H20N8.4Pt/c1-29(2,3)23-18-20-35(33-23)25-14-10-16-27(31-25)37(22-12-8-7-9-13-22)28-17-11-15-26(32-28)36-21-19-24(34-36)30(4,5)6;1-25(2,3)21-15-17-31(29-21)23-11-7-9-19(27-23)13-14-20-10-8-12-24(28-20)32-18-16-22(30-32)26(4,5)6;1-21(2,15-7-5-9-19(31-15)35-13-11-17(33-35)23(25,26)27)22(3,4)16-8-6-10-20(32-16)36-14-12-18(34-36)24(28,29)30;1-23(2,18-8-6-10-21(27-18)31-14-12-17(16-25)29-31)24(3,4)19-9-7-11-22(28-19)32-15-13-20(26-5)30-32;;;;/h7-19H,1-6H3;7-12,15-16H,13-14H2,1-6H3;5-12H,1-4H3;6-13H,1-4H3;;;;/q4*-2;4*+2. The number of nitriles is 1. The van der Waals surface area contributed by atoms with Crippen molar-refractivity contribution in [2.75, 3.05) is 4.90 Å². The minimum atomic E-state index is -4.61. The number of aryl methyl sites for hydroxylation is 2. The van der Waals surface area contributed by atoms with E-state index in [1.807, 2.05) is 202 Å². The molecule has 27 nitrogen and oxygen atoms in total. The molecule has 0 fully saturated rings. The molecule has 0 bridgehead atoms. The van der Waals surface area contributed by atoms with Crippen LogP contribution < -0.4 is 4.90 Å². The van der Waals surface area contributed by atoms with Gasteiger partial charge in [-0.2, -0.15) is 26.3 Å². The van der Waals surface area contributed by atoms with Crippen LogP contribution in [0.2, 0.25) is 0 Å². The summed E-state index contributed by atoms with van der Waals surface area (Å²) in [5.74, 6) is 6.11. The van der Waals surface area contributed by atoms with Gasteiger partial charge in [-0.15, -0.1) is 42.5 Å². The second kappa shape index (κ2) is 44.2. The number of alkyl halides is 6. The van der Waals surface area contributed by atoms with Gasteiger partial charge in [0.15, 0.2) is 0 Å². The van der Waals surface area contributed by atoms with Crippen molar-refractivity contribution in [1.82, 2.24) is 118 Å². The molecule has 1 aromatic carbocycles. The summed E-state index contributed by atoms with van der Waals surface area (Å²) in [4.78, 5) is 43.6. The van der Waals surface area contributed by atoms with E-state index in [0.717, 1.165) is 109 Å². The van der Waals surface area contributed by atoms with Gasteiger partial charge in [-0.25, -0.2) is 15.0 Å². The molecule has 0 aliphatic heterocycles. The second-order valence-corrected chi connectivity index (χ2v) is 38.6. The van der Waals surface area contributed by atoms with Crippen LogP contribution >= 0.6 is 0 Å². The smallest absolute Gasteiger partial charge is 0.343 e. The van der Waals surface area contributed by atoms with E-state index in [9.17, 15) is 26.3 Å². The van der Waals surface area contributed by atoms with Gasteiger partial charge in [-0.1, -0.05) is 304 Å². The van der Waals surface area contributed by atoms with E-state index in [4.69, 9.17) is 51.9 Å². The Morgan fingerprint density at radius 2 is 0.532 bits per heavy atom. The second-order valence-electron chi connectivity index (χ2n) is 38.6. The van der Waals surface area contributed by atoms with Crippen LogP contribution in [0.5, 0.6) is 0 Å². The fraction of sp³-hybridized carbons (Fsp3) is 0.308. The number of hydrogen-bond donors (Lipinski definition) is 0. The molecule has 37 heteroatoms. The fourth-order valence-corrected chi connectivity index (χ4v) is 13.9. The first kappa shape index (κ1) is 110. The third-order valence-corrected chi connectivity index (χ3v) is 23.6. The average molecular weight is 2620 g/mol. The van der Waals surface area contributed by atoms with Crippen molar-refractivity contribution in [3.8, 4) is 52.6 Å². The van der Waals surface area contributed by atoms with E-state index in [2.05, 4.69) is 206 Å². The van der Waals surface area contributed by atoms with Crippen molar-refractivity contribution >= 4 is 23.1 Å². The first-order valence-electron chi connectivity index (χ1n) is 44.0. The fourth-order valence-electron chi connectivity index (χ4n) is 13.9. The van der Waals surface area contributed by atoms with Crippen LogP contribution in [0.3, 0.4) is 0 Å². The van der Waals surface area contributed by atoms with Crippen LogP contribution in [-0.2, 0) is 153 Å². The zero-order valence-electron chi connectivity index (χ0n) is 80.9. The first-order valence-corrected chi connectivity index (χ1v) is 44.0. The van der Waals surface area contributed by atoms with Crippen LogP contribution in [0, 0.1) is 67.5 Å². The van der Waals surface area contributed by atoms with Crippen molar-refractivity contribution in [3.05, 3.63) is 359 Å². The minimum absolute atomic E-state index is 0. The van der Waals surface area contributed by atoms with E-state index in [1.54, 1.807) is 43.0 Å². The van der Waals surface area contributed by atoms with E-state index in [-0.39, 0.29) is 129 Å². The molecule has 0 N–H and O–H groups in total. The van der Waals surface area contributed by atoms with Gasteiger partial charge in [-0.3, -0.25) is 75.4 Å². The van der Waals surface area contributed by atoms with E-state index >= 15 is 0 Å². The third-order valence-electron chi connectivity index (χ3n) is 23.6. The van der Waals surface area contributed by atoms with Crippen LogP contribution in [0.1, 0.15) is 212 Å². The van der Waals surface area contributed by atoms with Crippen LogP contribution in [-0.4, -0.2) is 118 Å². The van der Waals surface area contributed by atoms with Crippen molar-refractivity contribution in [2.24, 2.45) is 0 Å². The van der Waals surface area contributed by atoms with Crippen molar-refractivity contribution in [3.63, 3.8) is 0 Å². The van der Waals surface area contributed by atoms with Gasteiger partial charge in [0.05, 0.1) is 69.7 Å². The Labute approximate surface area is 874 Å². The van der Waals surface area contributed by atoms with Gasteiger partial charge >= 0.3 is 102 Å². The molecule has 0 atom stereocenters. The largest absolute Gasteiger partial charge is 2.00 e. The Hall–Kier alpha value is -12.8. The summed E-state index contributed by atoms with van der Waals surface area (Å²) in [6.45, 7) is 48.8. The molecule has 0 spiro atoms. The molecule has 16 heterocycles. The summed E-state index contributed by atoms with van der Waals surface area (Å²) < 4.78 is 89.4. The molecule has 0 saturated carbocycles. The molecular weight excluding hydrogens is 2520 g/mol. The van der Waals surface area contributed by atoms with Gasteiger partial charge in [0.2, 0.25) is 0 Å². The predicted octanol–water partition coefficient (Wildman–Crippen LogP) is 21.2. The molecule has 17 aromatic rings. The van der Waals surface area contributed by atoms with Gasteiger partial charge in [-0.05, 0) is 135 Å². The Bertz CT molecular complexity index is 6770. The van der Waals surface area contributed by atoms with Crippen LogP contribution in [0.4, 0.5) is 49.5 Å². The number of halogens is 6. The maximum atomic E-state index is 13.0. The van der Waals surface area contributed by atoms with Gasteiger partial charge < -0.3 is 37.6 Å². The molecule has 17 rings (SSSR count). The van der Waals surface area contributed by atoms with Crippen LogP contribution in [0.15, 0.2) is 224 Å². The Morgan fingerprint density at radius 1 is 0.284 bits per heavy atom. The summed E-state index contributed by atoms with van der Waals surface area (Å²) >= 11 is 0. The number of anilines is 3. The summed E-state index contributed by atoms with van der Waals surface area (Å²) in [5.41, 5.74) is 5.26. The molecule has 0 unspecified atom stereocenters. The molecule has 0 saturated heterocycles. The maximum Gasteiger partial charge on any atom is 2.00 e. The predicted molar refractivity (Wildman–Crippen MR) is 505 cm³/mol. The van der Waals surface area contributed by atoms with Crippen molar-refractivity contribution in [1.29, 1.82) is 5.26 Å². The monoisotopic (exact) mass is 2620 g/mol. The molecule has 734 valence electrons. The van der Waals surface area contributed by atoms with Gasteiger partial charge in [0, 0.05) is 61.5 Å². The summed E-state index contributed by atoms with van der Waals surface area (Å²) in [6, 6.07) is 69.4. The Balaban J connectivity index is 0.000000192. The van der Waals surface area contributed by atoms with E-state index in [0.29, 0.717) is 34.7 Å². The molecular formula is C104H101F6N27Pt4. The zero-order chi connectivity index (χ0) is 98.6. The minimum Gasteiger partial charge on any atom is -0.343 e. The Kier molecular flexibility index (Phi) is 34.5. The number of pyridine rings is 8. The molecule has 0 aliphatic carbocycles. The normalized spacial score (nSPS) is 12.0. The number of rotatable bonds is 20. The van der Waals surface area contributed by atoms with Crippen molar-refractivity contribution in [2.45, 2.75) is 207 Å². The quantitative estimate of drug-likeness (QED) is 0.0506. The topological polar surface area (TPSA) is 277 Å². The average Bonchev–Trinajstić information content (AvgIpc) is 1.63. The molecule has 16 aromatic heterocycles. The van der Waals surface area contributed by atoms with Gasteiger partial charge in [0.1, 0.15) is 11.6 Å². The molecule has 141 heavy (non-hydrogen) atoms. The van der Waals surface area contributed by atoms with E-state index < -0.39 is 45.4 Å². The first-order chi connectivity index (χ1) is 64.5. The number of aromatic nitrogens is 24. The van der Waals surface area contributed by atoms with Gasteiger partial charge in [0.25, 0.3) is 0 Å². The van der Waals surface area contributed by atoms with Crippen LogP contribution in [0.25, 0.3) is 51.4 Å². The molecule has 0 amide bonds. The zero-order valence-corrected chi connectivity index (χ0v) is 90.0. The number of nitrogens with zero attached hydrogens (tertiary/aromatic N) is 27. The number of hydrogen-bond acceptors (Lipinski definition) is 18. The maximum absolute atomic E-state index is 13.0.